The predicted octanol–water partition coefficient (Wildman–Crippen LogP) is 3.66. The van der Waals surface area contributed by atoms with Gasteiger partial charge in [-0.2, -0.15) is 26.3 Å². The van der Waals surface area contributed by atoms with E-state index in [4.69, 9.17) is 0 Å². The Balaban J connectivity index is 2.61. The standard InChI is InChI=1S/C12H7F7N2O/c13-8-2-5(20-4-11(14,15)16)1-6-7(12(17,18)19)3-9(22)21-10(6)8/h1-3,20H,4H2,(H,21,22). The highest BCUT2D eigenvalue weighted by Crippen LogP contribution is 2.35. The van der Waals surface area contributed by atoms with Gasteiger partial charge in [-0.25, -0.2) is 4.39 Å². The molecule has 0 saturated heterocycles. The summed E-state index contributed by atoms with van der Waals surface area (Å²) >= 11 is 0. The largest absolute Gasteiger partial charge is 0.417 e. The second kappa shape index (κ2) is 5.18. The van der Waals surface area contributed by atoms with E-state index in [0.29, 0.717) is 12.1 Å². The number of aromatic nitrogens is 1. The minimum Gasteiger partial charge on any atom is -0.376 e. The zero-order valence-corrected chi connectivity index (χ0v) is 10.5. The molecule has 10 heteroatoms. The lowest BCUT2D eigenvalue weighted by Crippen LogP contribution is -2.21. The van der Waals surface area contributed by atoms with Crippen molar-refractivity contribution in [3.63, 3.8) is 0 Å². The van der Waals surface area contributed by atoms with E-state index in [2.05, 4.69) is 0 Å². The van der Waals surface area contributed by atoms with E-state index in [0.717, 1.165) is 0 Å². The molecule has 0 atom stereocenters. The molecule has 1 heterocycles. The molecule has 0 fully saturated rings. The molecule has 0 unspecified atom stereocenters. The number of pyridine rings is 1. The lowest BCUT2D eigenvalue weighted by molar-refractivity contribution is -0.136. The molecule has 0 saturated carbocycles. The van der Waals surface area contributed by atoms with Gasteiger partial charge < -0.3 is 10.3 Å². The molecule has 2 aromatic rings. The number of halogens is 7. The highest BCUT2D eigenvalue weighted by Gasteiger charge is 2.34. The molecule has 120 valence electrons. The van der Waals surface area contributed by atoms with Crippen LogP contribution in [0.25, 0.3) is 10.9 Å². The Kier molecular flexibility index (Phi) is 3.80. The maximum Gasteiger partial charge on any atom is 0.417 e. The molecule has 0 amide bonds. The molecule has 2 N–H and O–H groups in total. The molecule has 1 aromatic carbocycles. The molecule has 3 nitrogen and oxygen atoms in total. The molecule has 1 aromatic heterocycles. The molecule has 2 rings (SSSR count). The fourth-order valence-electron chi connectivity index (χ4n) is 1.85. The minimum atomic E-state index is -4.96. The number of hydrogen-bond donors (Lipinski definition) is 2. The van der Waals surface area contributed by atoms with Gasteiger partial charge in [-0.05, 0) is 12.1 Å². The summed E-state index contributed by atoms with van der Waals surface area (Å²) in [6.07, 6.45) is -9.58. The van der Waals surface area contributed by atoms with Crippen molar-refractivity contribution in [2.75, 3.05) is 11.9 Å². The summed E-state index contributed by atoms with van der Waals surface area (Å²) in [5.41, 5.74) is -3.81. The third kappa shape index (κ3) is 3.49. The molecule has 0 aliphatic heterocycles. The van der Waals surface area contributed by atoms with Crippen LogP contribution in [0.1, 0.15) is 5.56 Å². The Labute approximate surface area is 117 Å². The first-order chi connectivity index (χ1) is 9.97. The average Bonchev–Trinajstić information content (AvgIpc) is 2.34. The Bertz CT molecular complexity index is 761. The van der Waals surface area contributed by atoms with Crippen molar-refractivity contribution in [2.45, 2.75) is 12.4 Å². The first-order valence-corrected chi connectivity index (χ1v) is 5.72. The van der Waals surface area contributed by atoms with E-state index in [9.17, 15) is 35.5 Å². The first-order valence-electron chi connectivity index (χ1n) is 5.72. The molecule has 0 aliphatic carbocycles. The Hall–Kier alpha value is -2.26. The molecule has 0 radical (unpaired) electrons. The van der Waals surface area contributed by atoms with E-state index < -0.39 is 52.4 Å². The van der Waals surface area contributed by atoms with E-state index in [-0.39, 0.29) is 6.07 Å². The first kappa shape index (κ1) is 16.1. The summed E-state index contributed by atoms with van der Waals surface area (Å²) in [5.74, 6) is -1.27. The zero-order chi connectivity index (χ0) is 16.7. The number of rotatable bonds is 2. The predicted molar refractivity (Wildman–Crippen MR) is 64.1 cm³/mol. The summed E-state index contributed by atoms with van der Waals surface area (Å²) in [5, 5.41) is 1.05. The van der Waals surface area contributed by atoms with Gasteiger partial charge in [-0.1, -0.05) is 0 Å². The fourth-order valence-corrected chi connectivity index (χ4v) is 1.85. The summed E-state index contributed by atoms with van der Waals surface area (Å²) < 4.78 is 88.6. The number of benzene rings is 1. The van der Waals surface area contributed by atoms with Gasteiger partial charge in [0.2, 0.25) is 5.56 Å². The molecule has 22 heavy (non-hydrogen) atoms. The van der Waals surface area contributed by atoms with Gasteiger partial charge in [0.25, 0.3) is 0 Å². The number of hydrogen-bond acceptors (Lipinski definition) is 2. The molecular formula is C12H7F7N2O. The minimum absolute atomic E-state index is 0.218. The van der Waals surface area contributed by atoms with Gasteiger partial charge in [-0.15, -0.1) is 0 Å². The smallest absolute Gasteiger partial charge is 0.376 e. The normalized spacial score (nSPS) is 12.7. The van der Waals surface area contributed by atoms with Crippen LogP contribution in [0.3, 0.4) is 0 Å². The lowest BCUT2D eigenvalue weighted by Gasteiger charge is -2.14. The van der Waals surface area contributed by atoms with Crippen LogP contribution in [0.4, 0.5) is 36.4 Å². The second-order valence-electron chi connectivity index (χ2n) is 4.39. The summed E-state index contributed by atoms with van der Waals surface area (Å²) in [7, 11) is 0. The number of H-pyrrole nitrogens is 1. The van der Waals surface area contributed by atoms with Crippen LogP contribution in [0, 0.1) is 5.82 Å². The molecule has 0 aliphatic rings. The van der Waals surface area contributed by atoms with Crippen molar-refractivity contribution >= 4 is 16.6 Å². The highest BCUT2D eigenvalue weighted by atomic mass is 19.4. The van der Waals surface area contributed by atoms with E-state index in [1.807, 2.05) is 4.98 Å². The van der Waals surface area contributed by atoms with Crippen molar-refractivity contribution in [1.29, 1.82) is 0 Å². The molecule has 0 spiro atoms. The lowest BCUT2D eigenvalue weighted by atomic mass is 10.1. The van der Waals surface area contributed by atoms with Gasteiger partial charge in [0.1, 0.15) is 12.4 Å². The van der Waals surface area contributed by atoms with Crippen LogP contribution in [0.15, 0.2) is 23.0 Å². The fraction of sp³-hybridized carbons (Fsp3) is 0.250. The van der Waals surface area contributed by atoms with Gasteiger partial charge >= 0.3 is 12.4 Å². The number of anilines is 1. The van der Waals surface area contributed by atoms with Crippen LogP contribution >= 0.6 is 0 Å². The number of nitrogens with one attached hydrogen (secondary N) is 2. The van der Waals surface area contributed by atoms with Crippen molar-refractivity contribution in [3.8, 4) is 0 Å². The maximum absolute atomic E-state index is 13.8. The molecule has 0 bridgehead atoms. The van der Waals surface area contributed by atoms with Crippen LogP contribution in [0.2, 0.25) is 0 Å². The van der Waals surface area contributed by atoms with E-state index in [1.165, 1.54) is 0 Å². The number of alkyl halides is 6. The maximum atomic E-state index is 13.8. The Morgan fingerprint density at radius 2 is 1.68 bits per heavy atom. The zero-order valence-electron chi connectivity index (χ0n) is 10.5. The summed E-state index contributed by atoms with van der Waals surface area (Å²) in [4.78, 5) is 13.0. The SMILES string of the molecule is O=c1cc(C(F)(F)F)c2cc(NCC(F)(F)F)cc(F)c2[nH]1. The summed E-state index contributed by atoms with van der Waals surface area (Å²) in [6.45, 7) is -1.54. The molecular weight excluding hydrogens is 321 g/mol. The third-order valence-electron chi connectivity index (χ3n) is 2.70. The van der Waals surface area contributed by atoms with Crippen molar-refractivity contribution in [2.24, 2.45) is 0 Å². The number of aromatic amines is 1. The van der Waals surface area contributed by atoms with Crippen LogP contribution in [-0.2, 0) is 6.18 Å². The number of fused-ring (bicyclic) bond motifs is 1. The van der Waals surface area contributed by atoms with Crippen molar-refractivity contribution < 1.29 is 30.7 Å². The van der Waals surface area contributed by atoms with Gasteiger partial charge in [0.05, 0.1) is 11.1 Å². The Morgan fingerprint density at radius 3 is 2.23 bits per heavy atom. The van der Waals surface area contributed by atoms with Gasteiger partial charge in [0, 0.05) is 17.1 Å². The van der Waals surface area contributed by atoms with Crippen molar-refractivity contribution in [3.05, 3.63) is 39.9 Å². The van der Waals surface area contributed by atoms with Crippen molar-refractivity contribution in [1.82, 2.24) is 4.98 Å². The Morgan fingerprint density at radius 1 is 1.05 bits per heavy atom. The van der Waals surface area contributed by atoms with E-state index >= 15 is 0 Å². The second-order valence-corrected chi connectivity index (χ2v) is 4.39. The van der Waals surface area contributed by atoms with Gasteiger partial charge in [0.15, 0.2) is 0 Å². The third-order valence-corrected chi connectivity index (χ3v) is 2.70. The van der Waals surface area contributed by atoms with Gasteiger partial charge in [-0.3, -0.25) is 4.79 Å². The monoisotopic (exact) mass is 328 g/mol. The van der Waals surface area contributed by atoms with Crippen LogP contribution < -0.4 is 10.9 Å². The van der Waals surface area contributed by atoms with E-state index in [1.54, 1.807) is 5.32 Å². The average molecular weight is 328 g/mol. The quantitative estimate of drug-likeness (QED) is 0.827. The van der Waals surface area contributed by atoms with Crippen LogP contribution in [-0.4, -0.2) is 17.7 Å². The highest BCUT2D eigenvalue weighted by molar-refractivity contribution is 5.86. The topological polar surface area (TPSA) is 44.9 Å². The summed E-state index contributed by atoms with van der Waals surface area (Å²) in [6, 6.07) is 1.49. The van der Waals surface area contributed by atoms with Crippen LogP contribution in [0.5, 0.6) is 0 Å².